The van der Waals surface area contributed by atoms with Crippen molar-refractivity contribution in [3.05, 3.63) is 71.0 Å². The molecule has 2 aromatic carbocycles. The van der Waals surface area contributed by atoms with Crippen molar-refractivity contribution in [2.75, 3.05) is 26.7 Å². The van der Waals surface area contributed by atoms with Crippen LogP contribution < -0.4 is 15.2 Å². The molecule has 1 aromatic heterocycles. The number of methoxy groups -OCH3 is 1. The molecule has 226 valence electrons. The number of nitrogens with zero attached hydrogens (tertiary/aromatic N) is 5. The number of nitrogens with two attached hydrogens (primary N) is 1. The summed E-state index contributed by atoms with van der Waals surface area (Å²) in [6.45, 7) is -0.372. The normalized spacial score (nSPS) is 18.7. The van der Waals surface area contributed by atoms with Gasteiger partial charge in [-0.2, -0.15) is 18.2 Å². The van der Waals surface area contributed by atoms with Crippen molar-refractivity contribution in [1.29, 1.82) is 5.41 Å². The summed E-state index contributed by atoms with van der Waals surface area (Å²) in [5, 5.41) is 11.6. The number of alkyl halides is 3. The number of nitrogens with one attached hydrogen (secondary N) is 1. The standard InChI is InChI=1S/C28H28F3N7O5/c1-42-20-7-3-2-6-18(20)25(40)38-26(43-15-16-8-10-17(11-9-16)23(32)33)34-24(35-38)21-19(39)14-37(22(21)28(29,30)31)27(41)36-12-4-5-13-36/h2-3,6-11,21-22H,4-5,12-15H2,1H3,(H3,32,33). The first-order valence-electron chi connectivity index (χ1n) is 13.4. The summed E-state index contributed by atoms with van der Waals surface area (Å²) in [4.78, 5) is 45.6. The Hall–Kier alpha value is -4.95. The van der Waals surface area contributed by atoms with E-state index in [0.29, 0.717) is 46.6 Å². The van der Waals surface area contributed by atoms with Crippen LogP contribution in [0.1, 0.15) is 46.1 Å². The van der Waals surface area contributed by atoms with Gasteiger partial charge in [-0.15, -0.1) is 9.78 Å². The Morgan fingerprint density at radius 2 is 1.77 bits per heavy atom. The van der Waals surface area contributed by atoms with Crippen LogP contribution in [0.5, 0.6) is 11.8 Å². The Bertz CT molecular complexity index is 1550. The largest absolute Gasteiger partial charge is 0.496 e. The fraction of sp³-hybridized carbons (Fsp3) is 0.357. The summed E-state index contributed by atoms with van der Waals surface area (Å²) in [6.07, 6.45) is -3.69. The average molecular weight is 600 g/mol. The van der Waals surface area contributed by atoms with Gasteiger partial charge >= 0.3 is 18.2 Å². The number of hydrogen-bond acceptors (Lipinski definition) is 8. The zero-order chi connectivity index (χ0) is 30.9. The zero-order valence-electron chi connectivity index (χ0n) is 23.0. The number of para-hydroxylation sites is 1. The third kappa shape index (κ3) is 5.87. The molecule has 5 rings (SSSR count). The second kappa shape index (κ2) is 11.7. The molecule has 0 radical (unpaired) electrons. The summed E-state index contributed by atoms with van der Waals surface area (Å²) in [5.41, 5.74) is 6.54. The fourth-order valence-corrected chi connectivity index (χ4v) is 5.18. The van der Waals surface area contributed by atoms with E-state index in [4.69, 9.17) is 20.6 Å². The molecule has 2 aliphatic rings. The molecule has 3 aromatic rings. The molecule has 2 saturated heterocycles. The number of hydrogen-bond donors (Lipinski definition) is 2. The van der Waals surface area contributed by atoms with Gasteiger partial charge in [0.1, 0.15) is 30.2 Å². The van der Waals surface area contributed by atoms with Gasteiger partial charge in [0.2, 0.25) is 0 Å². The number of carbonyl (C=O) groups excluding carboxylic acids is 3. The van der Waals surface area contributed by atoms with Crippen LogP contribution in [0.25, 0.3) is 0 Å². The number of halogens is 3. The number of amidine groups is 1. The molecule has 2 atom stereocenters. The van der Waals surface area contributed by atoms with E-state index < -0.39 is 54.2 Å². The Morgan fingerprint density at radius 3 is 2.40 bits per heavy atom. The van der Waals surface area contributed by atoms with Crippen LogP contribution in [-0.2, 0) is 11.4 Å². The number of ketones is 1. The quantitative estimate of drug-likeness (QED) is 0.310. The molecule has 12 nitrogen and oxygen atoms in total. The maximum Gasteiger partial charge on any atom is 0.410 e. The van der Waals surface area contributed by atoms with Gasteiger partial charge in [0, 0.05) is 18.7 Å². The van der Waals surface area contributed by atoms with Crippen LogP contribution in [0.2, 0.25) is 0 Å². The summed E-state index contributed by atoms with van der Waals surface area (Å²) in [7, 11) is 1.35. The number of carbonyl (C=O) groups is 3. The highest BCUT2D eigenvalue weighted by molar-refractivity contribution is 5.99. The lowest BCUT2D eigenvalue weighted by atomic mass is 9.98. The number of rotatable bonds is 7. The van der Waals surface area contributed by atoms with Gasteiger partial charge in [-0.05, 0) is 30.5 Å². The molecule has 2 unspecified atom stereocenters. The number of aromatic nitrogens is 3. The van der Waals surface area contributed by atoms with E-state index in [0.717, 1.165) is 0 Å². The Labute approximate surface area is 243 Å². The van der Waals surface area contributed by atoms with Gasteiger partial charge in [-0.3, -0.25) is 15.0 Å². The number of amides is 2. The van der Waals surface area contributed by atoms with Crippen LogP contribution in [0.3, 0.4) is 0 Å². The molecule has 0 spiro atoms. The third-order valence-corrected chi connectivity index (χ3v) is 7.32. The molecule has 2 fully saturated rings. The number of benzene rings is 2. The highest BCUT2D eigenvalue weighted by atomic mass is 19.4. The van der Waals surface area contributed by atoms with E-state index >= 15 is 0 Å². The van der Waals surface area contributed by atoms with Crippen molar-refractivity contribution in [3.8, 4) is 11.8 Å². The average Bonchev–Trinajstić information content (AvgIpc) is 3.74. The monoisotopic (exact) mass is 599 g/mol. The van der Waals surface area contributed by atoms with Gasteiger partial charge < -0.3 is 25.0 Å². The van der Waals surface area contributed by atoms with Gasteiger partial charge in [-0.1, -0.05) is 36.4 Å². The molecule has 3 heterocycles. The van der Waals surface area contributed by atoms with Gasteiger partial charge in [-0.25, -0.2) is 4.79 Å². The minimum Gasteiger partial charge on any atom is -0.496 e. The van der Waals surface area contributed by atoms with Crippen LogP contribution in [0, 0.1) is 5.41 Å². The maximum absolute atomic E-state index is 14.5. The second-order valence-corrected chi connectivity index (χ2v) is 10.1. The van der Waals surface area contributed by atoms with Crippen LogP contribution in [0.15, 0.2) is 48.5 Å². The SMILES string of the molecule is COc1ccccc1C(=O)n1nc(C2C(=O)CN(C(=O)N3CCCC3)C2C(F)(F)F)nc1OCc1ccc(C(=N)N)cc1. The number of nitrogen functional groups attached to an aromatic ring is 1. The predicted octanol–water partition coefficient (Wildman–Crippen LogP) is 2.95. The molecule has 0 bridgehead atoms. The van der Waals surface area contributed by atoms with Crippen molar-refractivity contribution >= 4 is 23.6 Å². The fourth-order valence-electron chi connectivity index (χ4n) is 5.18. The van der Waals surface area contributed by atoms with Crippen molar-refractivity contribution in [3.63, 3.8) is 0 Å². The molecule has 43 heavy (non-hydrogen) atoms. The summed E-state index contributed by atoms with van der Waals surface area (Å²) in [6, 6.07) is 8.65. The third-order valence-electron chi connectivity index (χ3n) is 7.32. The van der Waals surface area contributed by atoms with Crippen molar-refractivity contribution in [2.45, 2.75) is 37.6 Å². The number of likely N-dealkylation sites (tertiary alicyclic amines) is 2. The lowest BCUT2D eigenvalue weighted by molar-refractivity contribution is -0.174. The number of ether oxygens (including phenoxy) is 2. The van der Waals surface area contributed by atoms with Crippen molar-refractivity contribution in [2.24, 2.45) is 5.73 Å². The maximum atomic E-state index is 14.5. The van der Waals surface area contributed by atoms with E-state index in [1.807, 2.05) is 0 Å². The molecule has 2 amide bonds. The van der Waals surface area contributed by atoms with Crippen molar-refractivity contribution in [1.82, 2.24) is 24.6 Å². The molecular weight excluding hydrogens is 571 g/mol. The van der Waals surface area contributed by atoms with E-state index in [-0.39, 0.29) is 23.8 Å². The summed E-state index contributed by atoms with van der Waals surface area (Å²) < 4.78 is 55.2. The molecule has 0 aliphatic carbocycles. The van der Waals surface area contributed by atoms with Gasteiger partial charge in [0.25, 0.3) is 5.91 Å². The van der Waals surface area contributed by atoms with E-state index in [1.165, 1.54) is 24.1 Å². The van der Waals surface area contributed by atoms with E-state index in [9.17, 15) is 27.6 Å². The minimum atomic E-state index is -5.00. The Kier molecular flexibility index (Phi) is 8.06. The first-order valence-corrected chi connectivity index (χ1v) is 13.4. The molecular formula is C28H28F3N7O5. The summed E-state index contributed by atoms with van der Waals surface area (Å²) in [5.74, 6) is -4.29. The number of urea groups is 1. The first-order chi connectivity index (χ1) is 20.5. The smallest absolute Gasteiger partial charge is 0.410 e. The predicted molar refractivity (Wildman–Crippen MR) is 145 cm³/mol. The van der Waals surface area contributed by atoms with Gasteiger partial charge in [0.05, 0.1) is 19.2 Å². The number of Topliss-reactive ketones (excluding diaryl/α,β-unsaturated/α-hetero) is 1. The van der Waals surface area contributed by atoms with Gasteiger partial charge in [0.15, 0.2) is 11.6 Å². The Balaban J connectivity index is 1.53. The lowest BCUT2D eigenvalue weighted by Crippen LogP contribution is -2.51. The molecule has 3 N–H and O–H groups in total. The first kappa shape index (κ1) is 29.5. The zero-order valence-corrected chi connectivity index (χ0v) is 23.0. The summed E-state index contributed by atoms with van der Waals surface area (Å²) >= 11 is 0. The lowest BCUT2D eigenvalue weighted by Gasteiger charge is -2.31. The molecule has 2 aliphatic heterocycles. The van der Waals surface area contributed by atoms with E-state index in [1.54, 1.807) is 36.4 Å². The van der Waals surface area contributed by atoms with E-state index in [2.05, 4.69) is 10.1 Å². The Morgan fingerprint density at radius 1 is 1.09 bits per heavy atom. The highest BCUT2D eigenvalue weighted by Gasteiger charge is 2.59. The molecule has 0 saturated carbocycles. The topological polar surface area (TPSA) is 157 Å². The van der Waals surface area contributed by atoms with Crippen LogP contribution in [0.4, 0.5) is 18.0 Å². The molecule has 15 heteroatoms. The minimum absolute atomic E-state index is 0.0214. The van der Waals surface area contributed by atoms with Crippen molar-refractivity contribution < 1.29 is 37.0 Å². The highest BCUT2D eigenvalue weighted by Crippen LogP contribution is 2.41. The van der Waals surface area contributed by atoms with Crippen LogP contribution in [-0.4, -0.2) is 87.1 Å². The van der Waals surface area contributed by atoms with Crippen LogP contribution >= 0.6 is 0 Å². The second-order valence-electron chi connectivity index (χ2n) is 10.1.